The molecule has 0 bridgehead atoms. The van der Waals surface area contributed by atoms with Crippen LogP contribution < -0.4 is 5.32 Å². The minimum absolute atomic E-state index is 0.0490. The van der Waals surface area contributed by atoms with E-state index < -0.39 is 11.9 Å². The van der Waals surface area contributed by atoms with E-state index in [1.54, 1.807) is 6.92 Å². The second kappa shape index (κ2) is 6.65. The molecule has 2 amide bonds. The van der Waals surface area contributed by atoms with Crippen molar-refractivity contribution in [3.63, 3.8) is 0 Å². The number of carboxylic acid groups (broad SMARTS) is 1. The molecule has 1 aromatic rings. The molecule has 0 spiro atoms. The van der Waals surface area contributed by atoms with Crippen molar-refractivity contribution in [3.05, 3.63) is 29.1 Å². The first kappa shape index (κ1) is 15.6. The van der Waals surface area contributed by atoms with Gasteiger partial charge in [0.1, 0.15) is 5.69 Å². The highest BCUT2D eigenvalue weighted by Gasteiger charge is 2.18. The minimum Gasteiger partial charge on any atom is -0.478 e. The first-order valence-corrected chi connectivity index (χ1v) is 6.10. The van der Waals surface area contributed by atoms with Gasteiger partial charge in [-0.15, -0.1) is 0 Å². The fourth-order valence-corrected chi connectivity index (χ4v) is 1.64. The summed E-state index contributed by atoms with van der Waals surface area (Å²) >= 11 is 0. The van der Waals surface area contributed by atoms with Crippen LogP contribution in [0.3, 0.4) is 0 Å². The van der Waals surface area contributed by atoms with Crippen LogP contribution in [0.15, 0.2) is 12.1 Å². The molecule has 0 saturated heterocycles. The topological polar surface area (TPSA) is 99.6 Å². The van der Waals surface area contributed by atoms with Gasteiger partial charge in [-0.1, -0.05) is 0 Å². The van der Waals surface area contributed by atoms with E-state index in [0.717, 1.165) is 0 Å². The van der Waals surface area contributed by atoms with Crippen LogP contribution in [0.25, 0.3) is 0 Å². The largest absolute Gasteiger partial charge is 0.478 e. The molecule has 0 saturated carbocycles. The van der Waals surface area contributed by atoms with Gasteiger partial charge in [-0.25, -0.2) is 9.78 Å². The summed E-state index contributed by atoms with van der Waals surface area (Å²) in [5, 5.41) is 11.5. The van der Waals surface area contributed by atoms with Crippen molar-refractivity contribution in [1.82, 2.24) is 15.2 Å². The van der Waals surface area contributed by atoms with Crippen LogP contribution in [0.5, 0.6) is 0 Å². The van der Waals surface area contributed by atoms with Crippen LogP contribution in [0.2, 0.25) is 0 Å². The zero-order valence-electron chi connectivity index (χ0n) is 11.6. The number of carbonyl (C=O) groups excluding carboxylic acids is 2. The number of carbonyl (C=O) groups is 3. The summed E-state index contributed by atoms with van der Waals surface area (Å²) < 4.78 is 0. The average molecular weight is 279 g/mol. The number of carboxylic acids is 1. The summed E-state index contributed by atoms with van der Waals surface area (Å²) in [5.74, 6) is -1.79. The molecule has 7 nitrogen and oxygen atoms in total. The van der Waals surface area contributed by atoms with E-state index in [4.69, 9.17) is 5.11 Å². The third kappa shape index (κ3) is 3.78. The van der Waals surface area contributed by atoms with Gasteiger partial charge in [0, 0.05) is 13.6 Å². The second-order valence-corrected chi connectivity index (χ2v) is 4.25. The maximum absolute atomic E-state index is 12.1. The predicted molar refractivity (Wildman–Crippen MR) is 71.6 cm³/mol. The minimum atomic E-state index is -1.09. The van der Waals surface area contributed by atoms with Gasteiger partial charge in [0.15, 0.2) is 0 Å². The lowest BCUT2D eigenvalue weighted by atomic mass is 10.2. The molecule has 0 aromatic carbocycles. The number of pyridine rings is 1. The highest BCUT2D eigenvalue weighted by atomic mass is 16.4. The van der Waals surface area contributed by atoms with Crippen LogP contribution in [0, 0.1) is 6.92 Å². The van der Waals surface area contributed by atoms with Gasteiger partial charge in [0.25, 0.3) is 5.91 Å². The number of aromatic nitrogens is 1. The summed E-state index contributed by atoms with van der Waals surface area (Å²) in [5.41, 5.74) is 0.419. The van der Waals surface area contributed by atoms with E-state index in [2.05, 4.69) is 10.3 Å². The molecule has 1 aromatic heterocycles. The Morgan fingerprint density at radius 3 is 2.50 bits per heavy atom. The van der Waals surface area contributed by atoms with E-state index in [1.807, 2.05) is 0 Å². The van der Waals surface area contributed by atoms with Crippen molar-refractivity contribution in [2.75, 3.05) is 20.1 Å². The third-order valence-corrected chi connectivity index (χ3v) is 2.64. The zero-order chi connectivity index (χ0) is 15.3. The monoisotopic (exact) mass is 279 g/mol. The summed E-state index contributed by atoms with van der Waals surface area (Å²) in [6, 6.07) is 2.67. The molecular formula is C13H17N3O4. The summed E-state index contributed by atoms with van der Waals surface area (Å²) in [4.78, 5) is 39.5. The number of nitrogens with one attached hydrogen (secondary N) is 1. The molecular weight excluding hydrogens is 262 g/mol. The highest BCUT2D eigenvalue weighted by Crippen LogP contribution is 2.08. The molecule has 108 valence electrons. The quantitative estimate of drug-likeness (QED) is 0.807. The van der Waals surface area contributed by atoms with Crippen molar-refractivity contribution in [1.29, 1.82) is 0 Å². The Hall–Kier alpha value is -2.44. The number of likely N-dealkylation sites (N-methyl/N-ethyl adjacent to an activating group) is 2. The van der Waals surface area contributed by atoms with Crippen molar-refractivity contribution in [2.45, 2.75) is 13.8 Å². The van der Waals surface area contributed by atoms with Crippen LogP contribution >= 0.6 is 0 Å². The maximum atomic E-state index is 12.1. The SMILES string of the molecule is CCNC(=O)CN(C)C(=O)c1ccc(C(=O)O)c(C)n1. The van der Waals surface area contributed by atoms with E-state index in [-0.39, 0.29) is 29.4 Å². The van der Waals surface area contributed by atoms with Crippen molar-refractivity contribution >= 4 is 17.8 Å². The Labute approximate surface area is 116 Å². The molecule has 2 N–H and O–H groups in total. The zero-order valence-corrected chi connectivity index (χ0v) is 11.6. The second-order valence-electron chi connectivity index (χ2n) is 4.25. The van der Waals surface area contributed by atoms with E-state index >= 15 is 0 Å². The van der Waals surface area contributed by atoms with Gasteiger partial charge in [-0.3, -0.25) is 9.59 Å². The number of aryl methyl sites for hydroxylation is 1. The number of hydrogen-bond donors (Lipinski definition) is 2. The molecule has 0 radical (unpaired) electrons. The highest BCUT2D eigenvalue weighted by molar-refractivity contribution is 5.96. The Balaban J connectivity index is 2.84. The number of amides is 2. The van der Waals surface area contributed by atoms with Crippen molar-refractivity contribution < 1.29 is 19.5 Å². The van der Waals surface area contributed by atoms with Gasteiger partial charge in [-0.05, 0) is 26.0 Å². The van der Waals surface area contributed by atoms with Gasteiger partial charge in [0.2, 0.25) is 5.91 Å². The molecule has 0 atom stereocenters. The number of hydrogen-bond acceptors (Lipinski definition) is 4. The van der Waals surface area contributed by atoms with Crippen LogP contribution in [-0.2, 0) is 4.79 Å². The van der Waals surface area contributed by atoms with Crippen LogP contribution in [0.4, 0.5) is 0 Å². The molecule has 0 aliphatic heterocycles. The number of aromatic carboxylic acids is 1. The van der Waals surface area contributed by atoms with E-state index in [0.29, 0.717) is 6.54 Å². The lowest BCUT2D eigenvalue weighted by Gasteiger charge is -2.16. The molecule has 1 rings (SSSR count). The molecule has 0 aliphatic carbocycles. The van der Waals surface area contributed by atoms with Gasteiger partial charge >= 0.3 is 5.97 Å². The van der Waals surface area contributed by atoms with E-state index in [1.165, 1.54) is 31.0 Å². The maximum Gasteiger partial charge on any atom is 0.337 e. The summed E-state index contributed by atoms with van der Waals surface area (Å²) in [6.07, 6.45) is 0. The van der Waals surface area contributed by atoms with Gasteiger partial charge in [-0.2, -0.15) is 0 Å². The Bertz CT molecular complexity index is 542. The molecule has 7 heteroatoms. The summed E-state index contributed by atoms with van der Waals surface area (Å²) in [7, 11) is 1.49. The third-order valence-electron chi connectivity index (χ3n) is 2.64. The van der Waals surface area contributed by atoms with Gasteiger partial charge < -0.3 is 15.3 Å². The smallest absolute Gasteiger partial charge is 0.337 e. The lowest BCUT2D eigenvalue weighted by molar-refractivity contribution is -0.121. The fourth-order valence-electron chi connectivity index (χ4n) is 1.64. The average Bonchev–Trinajstić information content (AvgIpc) is 2.37. The van der Waals surface area contributed by atoms with Crippen molar-refractivity contribution in [2.24, 2.45) is 0 Å². The lowest BCUT2D eigenvalue weighted by Crippen LogP contribution is -2.38. The van der Waals surface area contributed by atoms with Crippen molar-refractivity contribution in [3.8, 4) is 0 Å². The predicted octanol–water partition coefficient (Wildman–Crippen LogP) is 0.296. The molecule has 0 aliphatic rings. The molecule has 0 fully saturated rings. The normalized spacial score (nSPS) is 9.95. The number of nitrogens with zero attached hydrogens (tertiary/aromatic N) is 2. The molecule has 1 heterocycles. The van der Waals surface area contributed by atoms with Crippen LogP contribution in [-0.4, -0.2) is 52.9 Å². The van der Waals surface area contributed by atoms with Crippen LogP contribution in [0.1, 0.15) is 33.5 Å². The fraction of sp³-hybridized carbons (Fsp3) is 0.385. The first-order valence-electron chi connectivity index (χ1n) is 6.10. The molecule has 20 heavy (non-hydrogen) atoms. The van der Waals surface area contributed by atoms with Gasteiger partial charge in [0.05, 0.1) is 17.8 Å². The molecule has 0 unspecified atom stereocenters. The van der Waals surface area contributed by atoms with E-state index in [9.17, 15) is 14.4 Å². The standard InChI is InChI=1S/C13H17N3O4/c1-4-14-11(17)7-16(3)12(18)10-6-5-9(13(19)20)8(2)15-10/h5-6H,4,7H2,1-3H3,(H,14,17)(H,19,20). The Morgan fingerprint density at radius 2 is 2.00 bits per heavy atom. The summed E-state index contributed by atoms with van der Waals surface area (Å²) in [6.45, 7) is 3.72. The number of rotatable bonds is 5. The Morgan fingerprint density at radius 1 is 1.35 bits per heavy atom. The first-order chi connectivity index (χ1) is 9.36. The Kier molecular flexibility index (Phi) is 5.19.